The van der Waals surface area contributed by atoms with Crippen LogP contribution < -0.4 is 0 Å². The topological polar surface area (TPSA) is 83.8 Å². The number of ether oxygens (including phenoxy) is 1. The van der Waals surface area contributed by atoms with E-state index in [0.717, 1.165) is 36.8 Å². The predicted octanol–water partition coefficient (Wildman–Crippen LogP) is 6.28. The Morgan fingerprint density at radius 2 is 1.83 bits per heavy atom. The molecule has 1 aliphatic rings. The normalized spacial score (nSPS) is 21.8. The molecule has 6 unspecified atom stereocenters. The summed E-state index contributed by atoms with van der Waals surface area (Å²) in [4.78, 5) is 24.3. The van der Waals surface area contributed by atoms with E-state index < -0.39 is 12.0 Å². The summed E-state index contributed by atoms with van der Waals surface area (Å²) in [5.41, 5.74) is 3.35. The average molecular weight is 501 g/mol. The lowest BCUT2D eigenvalue weighted by molar-refractivity contribution is -0.144. The van der Waals surface area contributed by atoms with Crippen molar-refractivity contribution in [3.05, 3.63) is 59.3 Å². The molecule has 2 N–H and O–H groups in total. The molecular weight excluding hydrogens is 452 g/mol. The largest absolute Gasteiger partial charge is 0.459 e. The zero-order valence-electron chi connectivity index (χ0n) is 23.4. The van der Waals surface area contributed by atoms with Gasteiger partial charge in [0.25, 0.3) is 0 Å². The third-order valence-corrected chi connectivity index (χ3v) is 6.84. The van der Waals surface area contributed by atoms with Gasteiger partial charge in [-0.3, -0.25) is 4.79 Å². The van der Waals surface area contributed by atoms with Gasteiger partial charge >= 0.3 is 5.97 Å². The number of cyclic esters (lactones) is 1. The fraction of sp³-hybridized carbons (Fsp3) is 0.613. The van der Waals surface area contributed by atoms with E-state index in [9.17, 15) is 14.7 Å². The van der Waals surface area contributed by atoms with E-state index in [0.29, 0.717) is 12.3 Å². The fourth-order valence-corrected chi connectivity index (χ4v) is 4.71. The van der Waals surface area contributed by atoms with Crippen LogP contribution in [0.5, 0.6) is 0 Å². The van der Waals surface area contributed by atoms with E-state index in [2.05, 4.69) is 32.1 Å². The Labute approximate surface area is 218 Å². The van der Waals surface area contributed by atoms with Gasteiger partial charge in [-0.1, -0.05) is 80.9 Å². The first-order valence-electron chi connectivity index (χ1n) is 13.3. The summed E-state index contributed by atoms with van der Waals surface area (Å²) in [6, 6.07) is 0. The van der Waals surface area contributed by atoms with Crippen molar-refractivity contribution in [1.82, 2.24) is 0 Å². The van der Waals surface area contributed by atoms with Crippen LogP contribution in [0.25, 0.3) is 0 Å². The standard InChI is InChI=1S/C31H48O5/c1-21(18-23(3)14-15-28-12-9-13-29(33)36-28)10-8-11-22(2)19-25(5)30(34)27(7)31(35)26(6)20-24(4)16-17-32/h8-9,11,13,16,18-19,21,25-28,31-32,35H,10,12,14-15,17,20H2,1-7H3. The summed E-state index contributed by atoms with van der Waals surface area (Å²) in [5, 5.41) is 19.7. The Morgan fingerprint density at radius 3 is 2.47 bits per heavy atom. The molecule has 0 radical (unpaired) electrons. The number of hydrogen-bond acceptors (Lipinski definition) is 5. The van der Waals surface area contributed by atoms with Crippen LogP contribution in [0.4, 0.5) is 0 Å². The lowest BCUT2D eigenvalue weighted by Gasteiger charge is -2.25. The highest BCUT2D eigenvalue weighted by molar-refractivity contribution is 5.85. The van der Waals surface area contributed by atoms with Gasteiger partial charge in [-0.2, -0.15) is 0 Å². The number of aliphatic hydroxyl groups is 2. The molecule has 0 aromatic carbocycles. The molecule has 0 spiro atoms. The minimum atomic E-state index is -0.719. The van der Waals surface area contributed by atoms with Crippen molar-refractivity contribution < 1.29 is 24.5 Å². The van der Waals surface area contributed by atoms with Gasteiger partial charge in [0.15, 0.2) is 0 Å². The first-order valence-corrected chi connectivity index (χ1v) is 13.3. The summed E-state index contributed by atoms with van der Waals surface area (Å²) in [5.74, 6) is -0.599. The zero-order chi connectivity index (χ0) is 27.3. The third kappa shape index (κ3) is 12.1. The summed E-state index contributed by atoms with van der Waals surface area (Å²) < 4.78 is 5.33. The first kappa shape index (κ1) is 31.8. The number of esters is 1. The second kappa shape index (κ2) is 16.5. The number of carbonyl (C=O) groups is 2. The van der Waals surface area contributed by atoms with Gasteiger partial charge in [0.05, 0.1) is 12.7 Å². The van der Waals surface area contributed by atoms with E-state index in [1.807, 2.05) is 39.8 Å². The molecule has 36 heavy (non-hydrogen) atoms. The predicted molar refractivity (Wildman–Crippen MR) is 147 cm³/mol. The Morgan fingerprint density at radius 1 is 1.14 bits per heavy atom. The van der Waals surface area contributed by atoms with Crippen molar-refractivity contribution in [2.45, 2.75) is 92.8 Å². The molecule has 0 amide bonds. The molecule has 1 rings (SSSR count). The van der Waals surface area contributed by atoms with Gasteiger partial charge in [-0.15, -0.1) is 0 Å². The Hall–Kier alpha value is -2.24. The maximum absolute atomic E-state index is 12.9. The molecule has 0 aliphatic carbocycles. The third-order valence-electron chi connectivity index (χ3n) is 6.84. The average Bonchev–Trinajstić information content (AvgIpc) is 2.81. The molecule has 1 heterocycles. The van der Waals surface area contributed by atoms with Crippen LogP contribution in [-0.2, 0) is 14.3 Å². The molecule has 1 aliphatic heterocycles. The lowest BCUT2D eigenvalue weighted by atomic mass is 9.83. The van der Waals surface area contributed by atoms with Crippen molar-refractivity contribution in [2.75, 3.05) is 6.61 Å². The van der Waals surface area contributed by atoms with Gasteiger partial charge in [-0.25, -0.2) is 4.79 Å². The zero-order valence-corrected chi connectivity index (χ0v) is 23.4. The Balaban J connectivity index is 2.53. The Bertz CT molecular complexity index is 860. The summed E-state index contributed by atoms with van der Waals surface area (Å²) in [6.07, 6.45) is 16.9. The maximum atomic E-state index is 12.9. The van der Waals surface area contributed by atoms with Crippen LogP contribution in [-0.4, -0.2) is 40.8 Å². The molecule has 0 bridgehead atoms. The molecule has 5 heteroatoms. The Kier molecular flexibility index (Phi) is 14.6. The van der Waals surface area contributed by atoms with Crippen molar-refractivity contribution >= 4 is 11.8 Å². The smallest absolute Gasteiger partial charge is 0.330 e. The molecule has 0 aromatic rings. The van der Waals surface area contributed by atoms with Gasteiger partial charge in [-0.05, 0) is 58.3 Å². The molecule has 6 atom stereocenters. The van der Waals surface area contributed by atoms with Crippen LogP contribution in [0.15, 0.2) is 59.3 Å². The number of hydrogen-bond donors (Lipinski definition) is 2. The van der Waals surface area contributed by atoms with Crippen LogP contribution in [0, 0.1) is 23.7 Å². The number of allylic oxidation sites excluding steroid dienone is 7. The highest BCUT2D eigenvalue weighted by atomic mass is 16.5. The summed E-state index contributed by atoms with van der Waals surface area (Å²) in [7, 11) is 0. The highest BCUT2D eigenvalue weighted by Crippen LogP contribution is 2.24. The molecule has 5 nitrogen and oxygen atoms in total. The second-order valence-electron chi connectivity index (χ2n) is 10.7. The van der Waals surface area contributed by atoms with Crippen LogP contribution in [0.1, 0.15) is 80.6 Å². The molecule has 0 aromatic heterocycles. The molecule has 0 fully saturated rings. The van der Waals surface area contributed by atoms with E-state index in [4.69, 9.17) is 9.84 Å². The summed E-state index contributed by atoms with van der Waals surface area (Å²) in [6.45, 7) is 13.9. The number of ketones is 1. The van der Waals surface area contributed by atoms with E-state index in [1.54, 1.807) is 13.0 Å². The highest BCUT2D eigenvalue weighted by Gasteiger charge is 2.29. The van der Waals surface area contributed by atoms with Gasteiger partial charge in [0.2, 0.25) is 0 Å². The van der Waals surface area contributed by atoms with E-state index in [1.165, 1.54) is 11.6 Å². The van der Waals surface area contributed by atoms with Crippen LogP contribution >= 0.6 is 0 Å². The molecule has 202 valence electrons. The minimum absolute atomic E-state index is 0.0105. The second-order valence-corrected chi connectivity index (χ2v) is 10.7. The number of carbonyl (C=O) groups excluding carboxylic acids is 2. The number of aliphatic hydroxyl groups excluding tert-OH is 2. The summed E-state index contributed by atoms with van der Waals surface area (Å²) >= 11 is 0. The number of Topliss-reactive ketones (excluding diaryl/α,β-unsaturated/α-hetero) is 1. The van der Waals surface area contributed by atoms with Crippen LogP contribution in [0.3, 0.4) is 0 Å². The van der Waals surface area contributed by atoms with E-state index in [-0.39, 0.29) is 36.3 Å². The quantitative estimate of drug-likeness (QED) is 0.157. The molecule has 0 saturated heterocycles. The minimum Gasteiger partial charge on any atom is -0.459 e. The van der Waals surface area contributed by atoms with Gasteiger partial charge < -0.3 is 14.9 Å². The first-order chi connectivity index (χ1) is 16.9. The fourth-order valence-electron chi connectivity index (χ4n) is 4.71. The van der Waals surface area contributed by atoms with Gasteiger partial charge in [0, 0.05) is 24.3 Å². The van der Waals surface area contributed by atoms with Crippen molar-refractivity contribution in [3.8, 4) is 0 Å². The maximum Gasteiger partial charge on any atom is 0.330 e. The number of rotatable bonds is 15. The van der Waals surface area contributed by atoms with Crippen molar-refractivity contribution in [1.29, 1.82) is 0 Å². The molecular formula is C31H48O5. The van der Waals surface area contributed by atoms with Crippen molar-refractivity contribution in [3.63, 3.8) is 0 Å². The molecule has 0 saturated carbocycles. The van der Waals surface area contributed by atoms with Crippen LogP contribution in [0.2, 0.25) is 0 Å². The van der Waals surface area contributed by atoms with Crippen molar-refractivity contribution in [2.24, 2.45) is 23.7 Å². The lowest BCUT2D eigenvalue weighted by Crippen LogP contribution is -2.34. The SMILES string of the molecule is CC(C=CCC(C)C=C(C)CCC1CC=CC(=O)O1)=CC(C)C(=O)C(C)C(O)C(C)CC(C)=CCO. The monoisotopic (exact) mass is 500 g/mol. The van der Waals surface area contributed by atoms with Gasteiger partial charge in [0.1, 0.15) is 11.9 Å². The van der Waals surface area contributed by atoms with E-state index >= 15 is 0 Å².